The molecule has 350 valence electrons. The Morgan fingerprint density at radius 3 is 1.47 bits per heavy atom. The van der Waals surface area contributed by atoms with Gasteiger partial charge in [-0.2, -0.15) is 17.6 Å². The Balaban J connectivity index is 0.000000267. The number of amides is 1. The first-order valence-corrected chi connectivity index (χ1v) is 20.8. The number of ether oxygens (including phenoxy) is 3. The van der Waals surface area contributed by atoms with Gasteiger partial charge in [0.1, 0.15) is 39.4 Å². The molecule has 0 radical (unpaired) electrons. The van der Waals surface area contributed by atoms with Crippen LogP contribution in [-0.4, -0.2) is 57.1 Å². The lowest BCUT2D eigenvalue weighted by Crippen LogP contribution is -2.38. The predicted molar refractivity (Wildman–Crippen MR) is 239 cm³/mol. The number of halogens is 5. The highest BCUT2D eigenvalue weighted by Gasteiger charge is 2.37. The fourth-order valence-electron chi connectivity index (χ4n) is 5.45. The molecular formula is C46H58ClF4N5O8. The van der Waals surface area contributed by atoms with Crippen molar-refractivity contribution in [1.82, 2.24) is 20.3 Å². The van der Waals surface area contributed by atoms with E-state index in [2.05, 4.69) is 58.9 Å². The van der Waals surface area contributed by atoms with E-state index >= 15 is 0 Å². The van der Waals surface area contributed by atoms with E-state index in [0.717, 1.165) is 62.8 Å². The van der Waals surface area contributed by atoms with Crippen LogP contribution in [-0.2, 0) is 24.0 Å². The molecule has 0 fully saturated rings. The molecule has 0 saturated carbocycles. The first-order valence-electron chi connectivity index (χ1n) is 20.8. The number of hydrogen-bond donors (Lipinski definition) is 3. The summed E-state index contributed by atoms with van der Waals surface area (Å²) in [6.45, 7) is 17.0. The number of nitrogens with zero attached hydrogens (tertiary/aromatic N) is 3. The largest absolute Gasteiger partial charge is 0.508 e. The number of oxazole rings is 3. The number of aryl methyl sites for hydroxylation is 3. The third-order valence-corrected chi connectivity index (χ3v) is 8.86. The normalized spacial score (nSPS) is 11.5. The van der Waals surface area contributed by atoms with Gasteiger partial charge in [-0.3, -0.25) is 0 Å². The number of alkyl carbamates (subject to hydrolysis) is 1. The van der Waals surface area contributed by atoms with Crippen LogP contribution in [0.4, 0.5) is 22.4 Å². The van der Waals surface area contributed by atoms with Gasteiger partial charge >= 0.3 is 18.3 Å². The second-order valence-corrected chi connectivity index (χ2v) is 15.5. The lowest BCUT2D eigenvalue weighted by atomic mass is 10.2. The molecule has 0 spiro atoms. The van der Waals surface area contributed by atoms with Crippen molar-refractivity contribution in [2.24, 2.45) is 5.73 Å². The molecule has 0 unspecified atom stereocenters. The first kappa shape index (κ1) is 52.5. The van der Waals surface area contributed by atoms with Crippen LogP contribution in [0, 0.1) is 0 Å². The topological polar surface area (TPSA) is 181 Å². The fraction of sp³-hybridized carbons (Fsp3) is 0.435. The minimum Gasteiger partial charge on any atom is -0.508 e. The number of alkyl halides is 4. The van der Waals surface area contributed by atoms with Gasteiger partial charge in [-0.1, -0.05) is 53.2 Å². The molecule has 6 rings (SSSR count). The number of phenols is 1. The highest BCUT2D eigenvalue weighted by molar-refractivity contribution is 5.85. The molecule has 0 aliphatic heterocycles. The zero-order chi connectivity index (χ0) is 46.4. The van der Waals surface area contributed by atoms with E-state index in [4.69, 9.17) is 28.5 Å². The standard InChI is InChI=1S/C20H26F2N2O4.C15H18F2N2O2.C11H13NO2.ClH/c1-6-7-8-17-24-15-10-9-14(11-16(15)26-17)27-20(21,22)13(2)12-23-18(25)28-19(3,4)5;1-3-4-5-14-19-12-7-6-11(8-13(12)20-14)21-15(16,17)10(2)9-18;1-2-3-4-11-12-9-6-5-8(13)7-10(9)14-11;/h9-11H,2,6-8,12H2,1,3-5H3,(H,23,25);6-8H,2-5,9,18H2,1H3;5-7,13H,2-4H2,1H3;1H. The number of rotatable bonds is 18. The number of nitrogens with two attached hydrogens (primary N) is 1. The Hall–Kier alpha value is -5.81. The Labute approximate surface area is 375 Å². The van der Waals surface area contributed by atoms with Crippen molar-refractivity contribution in [3.63, 3.8) is 0 Å². The monoisotopic (exact) mass is 919 g/mol. The molecule has 18 heteroatoms. The van der Waals surface area contributed by atoms with Crippen LogP contribution in [0.25, 0.3) is 33.3 Å². The molecule has 64 heavy (non-hydrogen) atoms. The van der Waals surface area contributed by atoms with Crippen LogP contribution < -0.4 is 20.5 Å². The van der Waals surface area contributed by atoms with Crippen molar-refractivity contribution in [2.45, 2.75) is 117 Å². The van der Waals surface area contributed by atoms with Crippen molar-refractivity contribution in [2.75, 3.05) is 13.1 Å². The smallest absolute Gasteiger partial charge is 0.424 e. The number of nitrogens with one attached hydrogen (secondary N) is 1. The minimum absolute atomic E-state index is 0. The minimum atomic E-state index is -3.69. The SMILES string of the molecule is C=C(CN)C(F)(F)Oc1ccc2nc(CCCC)oc2c1.C=C(CNC(=O)OC(C)(C)C)C(F)(F)Oc1ccc2nc(CCCC)oc2c1.CCCCc1nc2ccc(O)cc2o1.Cl. The maximum absolute atomic E-state index is 14.3. The van der Waals surface area contributed by atoms with E-state index in [0.29, 0.717) is 46.0 Å². The van der Waals surface area contributed by atoms with Gasteiger partial charge in [0.15, 0.2) is 34.4 Å². The quantitative estimate of drug-likeness (QED) is 0.0549. The van der Waals surface area contributed by atoms with Gasteiger partial charge in [0.25, 0.3) is 0 Å². The summed E-state index contributed by atoms with van der Waals surface area (Å²) >= 11 is 0. The molecule has 3 aromatic heterocycles. The number of phenolic OH excluding ortho intramolecular Hbond substituents is 1. The number of hydrogen-bond acceptors (Lipinski definition) is 12. The van der Waals surface area contributed by atoms with Gasteiger partial charge in [0.05, 0.1) is 12.1 Å². The van der Waals surface area contributed by atoms with Gasteiger partial charge in [-0.05, 0) is 76.4 Å². The molecule has 0 atom stereocenters. The molecule has 13 nitrogen and oxygen atoms in total. The van der Waals surface area contributed by atoms with Crippen LogP contribution >= 0.6 is 12.4 Å². The maximum atomic E-state index is 14.3. The van der Waals surface area contributed by atoms with E-state index in [9.17, 15) is 27.5 Å². The number of carbonyl (C=O) groups is 1. The van der Waals surface area contributed by atoms with Gasteiger partial charge in [-0.15, -0.1) is 12.4 Å². The average Bonchev–Trinajstić information content (AvgIpc) is 3.95. The summed E-state index contributed by atoms with van der Waals surface area (Å²) in [4.78, 5) is 24.5. The summed E-state index contributed by atoms with van der Waals surface area (Å²) in [5.74, 6) is 2.03. The molecule has 0 saturated heterocycles. The predicted octanol–water partition coefficient (Wildman–Crippen LogP) is 12.2. The third kappa shape index (κ3) is 16.1. The van der Waals surface area contributed by atoms with Crippen molar-refractivity contribution in [1.29, 1.82) is 0 Å². The van der Waals surface area contributed by atoms with E-state index in [1.54, 1.807) is 51.1 Å². The third-order valence-electron chi connectivity index (χ3n) is 8.86. The maximum Gasteiger partial charge on any atom is 0.424 e. The zero-order valence-electron chi connectivity index (χ0n) is 37.0. The Kier molecular flexibility index (Phi) is 19.5. The summed E-state index contributed by atoms with van der Waals surface area (Å²) in [7, 11) is 0. The van der Waals surface area contributed by atoms with E-state index < -0.39 is 41.6 Å². The molecule has 3 aromatic carbocycles. The molecule has 6 aromatic rings. The van der Waals surface area contributed by atoms with E-state index in [1.165, 1.54) is 24.3 Å². The Morgan fingerprint density at radius 1 is 0.688 bits per heavy atom. The van der Waals surface area contributed by atoms with Crippen molar-refractivity contribution in [3.8, 4) is 17.2 Å². The fourth-order valence-corrected chi connectivity index (χ4v) is 5.45. The molecule has 0 bridgehead atoms. The number of aromatic nitrogens is 3. The van der Waals surface area contributed by atoms with E-state index in [-0.39, 0.29) is 36.2 Å². The van der Waals surface area contributed by atoms with Crippen molar-refractivity contribution in [3.05, 3.63) is 96.6 Å². The average molecular weight is 920 g/mol. The number of benzene rings is 3. The number of aromatic hydroxyl groups is 1. The summed E-state index contributed by atoms with van der Waals surface area (Å²) in [5, 5.41) is 11.5. The molecule has 0 aliphatic rings. The molecule has 0 aliphatic carbocycles. The molecule has 4 N–H and O–H groups in total. The Morgan fingerprint density at radius 2 is 1.08 bits per heavy atom. The molecular weight excluding hydrogens is 862 g/mol. The summed E-state index contributed by atoms with van der Waals surface area (Å²) in [6, 6.07) is 13.7. The summed E-state index contributed by atoms with van der Waals surface area (Å²) in [5.41, 5.74) is 6.81. The highest BCUT2D eigenvalue weighted by atomic mass is 35.5. The Bertz CT molecular complexity index is 2440. The first-order chi connectivity index (χ1) is 29.7. The van der Waals surface area contributed by atoms with E-state index in [1.807, 2.05) is 0 Å². The van der Waals surface area contributed by atoms with Crippen molar-refractivity contribution < 1.29 is 54.9 Å². The van der Waals surface area contributed by atoms with Gasteiger partial charge in [0, 0.05) is 49.6 Å². The lowest BCUT2D eigenvalue weighted by Gasteiger charge is -2.22. The van der Waals surface area contributed by atoms with Gasteiger partial charge < -0.3 is 43.6 Å². The van der Waals surface area contributed by atoms with Crippen LogP contribution in [0.2, 0.25) is 0 Å². The molecule has 1 amide bonds. The second-order valence-electron chi connectivity index (χ2n) is 15.5. The van der Waals surface area contributed by atoms with Crippen LogP contribution in [0.15, 0.2) is 92.2 Å². The lowest BCUT2D eigenvalue weighted by molar-refractivity contribution is -0.143. The number of unbranched alkanes of at least 4 members (excludes halogenated alkanes) is 3. The van der Waals surface area contributed by atoms with Crippen molar-refractivity contribution >= 4 is 51.8 Å². The highest BCUT2D eigenvalue weighted by Crippen LogP contribution is 2.32. The van der Waals surface area contributed by atoms with Gasteiger partial charge in [-0.25, -0.2) is 19.7 Å². The number of carbonyl (C=O) groups excluding carboxylic acids is 1. The van der Waals surface area contributed by atoms with Gasteiger partial charge in [0.2, 0.25) is 0 Å². The number of fused-ring (bicyclic) bond motifs is 3. The van der Waals surface area contributed by atoms with Crippen LogP contribution in [0.1, 0.15) is 97.7 Å². The summed E-state index contributed by atoms with van der Waals surface area (Å²) < 4.78 is 86.9. The van der Waals surface area contributed by atoms with Crippen LogP contribution in [0.3, 0.4) is 0 Å². The molecule has 3 heterocycles. The zero-order valence-corrected chi connectivity index (χ0v) is 37.8. The second kappa shape index (κ2) is 23.8. The summed E-state index contributed by atoms with van der Waals surface area (Å²) in [6.07, 6.45) is 0.400. The van der Waals surface area contributed by atoms with Crippen LogP contribution in [0.5, 0.6) is 17.2 Å².